The highest BCUT2D eigenvalue weighted by Crippen LogP contribution is 2.18. The van der Waals surface area contributed by atoms with Crippen molar-refractivity contribution in [1.82, 2.24) is 4.90 Å². The molecule has 0 aliphatic rings. The summed E-state index contributed by atoms with van der Waals surface area (Å²) in [5.74, 6) is -2.21. The average molecular weight is 342 g/mol. The number of ether oxygens (including phenoxy) is 1. The van der Waals surface area contributed by atoms with E-state index in [4.69, 9.17) is 0 Å². The Hall–Kier alpha value is -2.77. The Labute approximate surface area is 135 Å². The standard InChI is InChI=1S/C16H14F4N2O2/c1-22(9-10-5-7-11(8-6-10)24-15(19)20)16(23)21-13-4-2-3-12(17)14(13)18/h2-8,15H,9H2,1H3,(H,21,23). The first kappa shape index (κ1) is 17.6. The van der Waals surface area contributed by atoms with Crippen molar-refractivity contribution in [2.24, 2.45) is 0 Å². The minimum absolute atomic E-state index is 0.00249. The molecule has 0 saturated carbocycles. The molecule has 2 aromatic carbocycles. The summed E-state index contributed by atoms with van der Waals surface area (Å²) in [6.45, 7) is -2.77. The maximum absolute atomic E-state index is 13.5. The molecule has 8 heteroatoms. The van der Waals surface area contributed by atoms with Gasteiger partial charge in [0.25, 0.3) is 0 Å². The molecule has 0 radical (unpaired) electrons. The van der Waals surface area contributed by atoms with Crippen LogP contribution in [0, 0.1) is 11.6 Å². The lowest BCUT2D eigenvalue weighted by molar-refractivity contribution is -0.0498. The molecule has 128 valence electrons. The van der Waals surface area contributed by atoms with Crippen LogP contribution in [0.3, 0.4) is 0 Å². The molecule has 0 unspecified atom stereocenters. The molecule has 0 aromatic heterocycles. The van der Waals surface area contributed by atoms with Crippen molar-refractivity contribution in [3.63, 3.8) is 0 Å². The maximum Gasteiger partial charge on any atom is 0.387 e. The van der Waals surface area contributed by atoms with E-state index in [2.05, 4.69) is 10.1 Å². The average Bonchev–Trinajstić information content (AvgIpc) is 2.53. The van der Waals surface area contributed by atoms with Crippen LogP contribution in [0.5, 0.6) is 5.75 Å². The van der Waals surface area contributed by atoms with E-state index in [0.29, 0.717) is 5.56 Å². The SMILES string of the molecule is CN(Cc1ccc(OC(F)F)cc1)C(=O)Nc1cccc(F)c1F. The number of nitrogens with one attached hydrogen (secondary N) is 1. The largest absolute Gasteiger partial charge is 0.435 e. The third-order valence-electron chi connectivity index (χ3n) is 3.11. The number of carbonyl (C=O) groups excluding carboxylic acids is 1. The number of benzene rings is 2. The zero-order valence-corrected chi connectivity index (χ0v) is 12.6. The number of rotatable bonds is 5. The fourth-order valence-corrected chi connectivity index (χ4v) is 1.93. The van der Waals surface area contributed by atoms with E-state index in [1.54, 1.807) is 0 Å². The number of anilines is 1. The quantitative estimate of drug-likeness (QED) is 0.826. The third-order valence-corrected chi connectivity index (χ3v) is 3.11. The van der Waals surface area contributed by atoms with Crippen LogP contribution < -0.4 is 10.1 Å². The van der Waals surface area contributed by atoms with Crippen LogP contribution in [0.25, 0.3) is 0 Å². The van der Waals surface area contributed by atoms with E-state index in [-0.39, 0.29) is 18.0 Å². The van der Waals surface area contributed by atoms with Gasteiger partial charge in [-0.15, -0.1) is 0 Å². The predicted molar refractivity (Wildman–Crippen MR) is 79.9 cm³/mol. The summed E-state index contributed by atoms with van der Waals surface area (Å²) in [6.07, 6.45) is 0. The molecule has 0 atom stereocenters. The summed E-state index contributed by atoms with van der Waals surface area (Å²) >= 11 is 0. The predicted octanol–water partition coefficient (Wildman–Crippen LogP) is 4.23. The van der Waals surface area contributed by atoms with Crippen molar-refractivity contribution in [3.05, 3.63) is 59.7 Å². The lowest BCUT2D eigenvalue weighted by atomic mass is 10.2. The smallest absolute Gasteiger partial charge is 0.387 e. The number of nitrogens with zero attached hydrogens (tertiary/aromatic N) is 1. The van der Waals surface area contributed by atoms with Gasteiger partial charge >= 0.3 is 12.6 Å². The van der Waals surface area contributed by atoms with Crippen LogP contribution in [0.2, 0.25) is 0 Å². The topological polar surface area (TPSA) is 41.6 Å². The fourth-order valence-electron chi connectivity index (χ4n) is 1.93. The number of hydrogen-bond donors (Lipinski definition) is 1. The summed E-state index contributed by atoms with van der Waals surface area (Å²) < 4.78 is 55.0. The van der Waals surface area contributed by atoms with Crippen LogP contribution in [-0.4, -0.2) is 24.6 Å². The minimum atomic E-state index is -2.91. The van der Waals surface area contributed by atoms with Crippen molar-refractivity contribution in [1.29, 1.82) is 0 Å². The van der Waals surface area contributed by atoms with Gasteiger partial charge in [0.15, 0.2) is 11.6 Å². The molecule has 2 amide bonds. The third kappa shape index (κ3) is 4.61. The van der Waals surface area contributed by atoms with Crippen LogP contribution in [-0.2, 0) is 6.54 Å². The van der Waals surface area contributed by atoms with Gasteiger partial charge in [0.2, 0.25) is 0 Å². The van der Waals surface area contributed by atoms with Gasteiger partial charge in [0.1, 0.15) is 5.75 Å². The number of alkyl halides is 2. The van der Waals surface area contributed by atoms with Crippen molar-refractivity contribution < 1.29 is 27.1 Å². The monoisotopic (exact) mass is 342 g/mol. The van der Waals surface area contributed by atoms with Gasteiger partial charge in [-0.25, -0.2) is 13.6 Å². The normalized spacial score (nSPS) is 10.6. The Morgan fingerprint density at radius 2 is 1.83 bits per heavy atom. The summed E-state index contributed by atoms with van der Waals surface area (Å²) in [6, 6.07) is 8.54. The van der Waals surface area contributed by atoms with E-state index < -0.39 is 24.3 Å². The number of urea groups is 1. The number of carbonyl (C=O) groups is 1. The molecule has 0 bridgehead atoms. The van der Waals surface area contributed by atoms with Crippen LogP contribution in [0.4, 0.5) is 28.0 Å². The maximum atomic E-state index is 13.5. The Balaban J connectivity index is 1.97. The van der Waals surface area contributed by atoms with Gasteiger partial charge in [0.05, 0.1) is 5.69 Å². The molecule has 2 aromatic rings. The molecule has 0 aliphatic carbocycles. The zero-order valence-electron chi connectivity index (χ0n) is 12.6. The first-order chi connectivity index (χ1) is 11.4. The summed E-state index contributed by atoms with van der Waals surface area (Å²) in [5, 5.41) is 2.26. The molecule has 2 rings (SSSR count). The van der Waals surface area contributed by atoms with Crippen LogP contribution in [0.1, 0.15) is 5.56 Å². The van der Waals surface area contributed by atoms with Gasteiger partial charge in [-0.1, -0.05) is 18.2 Å². The van der Waals surface area contributed by atoms with Crippen molar-refractivity contribution in [2.75, 3.05) is 12.4 Å². The Morgan fingerprint density at radius 3 is 2.46 bits per heavy atom. The van der Waals surface area contributed by atoms with Gasteiger partial charge in [0, 0.05) is 13.6 Å². The Bertz CT molecular complexity index is 708. The van der Waals surface area contributed by atoms with Crippen molar-refractivity contribution in [2.45, 2.75) is 13.2 Å². The second kappa shape index (κ2) is 7.67. The van der Waals surface area contributed by atoms with E-state index in [0.717, 1.165) is 6.07 Å². The van der Waals surface area contributed by atoms with Crippen molar-refractivity contribution >= 4 is 11.7 Å². The first-order valence-corrected chi connectivity index (χ1v) is 6.86. The highest BCUT2D eigenvalue weighted by Gasteiger charge is 2.14. The molecular weight excluding hydrogens is 328 g/mol. The molecule has 0 heterocycles. The molecule has 1 N–H and O–H groups in total. The van der Waals surface area contributed by atoms with Crippen LogP contribution >= 0.6 is 0 Å². The lowest BCUT2D eigenvalue weighted by Gasteiger charge is -2.18. The van der Waals surface area contributed by atoms with Gasteiger partial charge < -0.3 is 15.0 Å². The number of halogens is 4. The molecular formula is C16H14F4N2O2. The molecule has 0 fully saturated rings. The molecule has 4 nitrogen and oxygen atoms in total. The second-order valence-electron chi connectivity index (χ2n) is 4.91. The van der Waals surface area contributed by atoms with Crippen molar-refractivity contribution in [3.8, 4) is 5.75 Å². The highest BCUT2D eigenvalue weighted by molar-refractivity contribution is 5.89. The minimum Gasteiger partial charge on any atom is -0.435 e. The van der Waals surface area contributed by atoms with Gasteiger partial charge in [-0.3, -0.25) is 0 Å². The Kier molecular flexibility index (Phi) is 5.62. The number of amides is 2. The molecule has 0 spiro atoms. The molecule has 0 aliphatic heterocycles. The molecule has 0 saturated heterocycles. The van der Waals surface area contributed by atoms with Gasteiger partial charge in [-0.05, 0) is 29.8 Å². The van der Waals surface area contributed by atoms with Gasteiger partial charge in [-0.2, -0.15) is 8.78 Å². The van der Waals surface area contributed by atoms with E-state index in [1.165, 1.54) is 48.3 Å². The summed E-state index contributed by atoms with van der Waals surface area (Å²) in [4.78, 5) is 13.2. The fraction of sp³-hybridized carbons (Fsp3) is 0.188. The first-order valence-electron chi connectivity index (χ1n) is 6.86. The second-order valence-corrected chi connectivity index (χ2v) is 4.91. The highest BCUT2D eigenvalue weighted by atomic mass is 19.3. The summed E-state index contributed by atoms with van der Waals surface area (Å²) in [7, 11) is 1.45. The lowest BCUT2D eigenvalue weighted by Crippen LogP contribution is -2.31. The molecule has 24 heavy (non-hydrogen) atoms. The summed E-state index contributed by atoms with van der Waals surface area (Å²) in [5.41, 5.74) is 0.376. The Morgan fingerprint density at radius 1 is 1.17 bits per heavy atom. The number of hydrogen-bond acceptors (Lipinski definition) is 2. The van der Waals surface area contributed by atoms with Crippen LogP contribution in [0.15, 0.2) is 42.5 Å². The van der Waals surface area contributed by atoms with E-state index in [9.17, 15) is 22.4 Å². The van der Waals surface area contributed by atoms with E-state index in [1.807, 2.05) is 0 Å². The zero-order chi connectivity index (χ0) is 17.7. The van der Waals surface area contributed by atoms with E-state index >= 15 is 0 Å².